The van der Waals surface area contributed by atoms with E-state index in [1.54, 1.807) is 0 Å². The van der Waals surface area contributed by atoms with Gasteiger partial charge in [0.15, 0.2) is 0 Å². The fraction of sp³-hybridized carbons (Fsp3) is 0.412. The van der Waals surface area contributed by atoms with Gasteiger partial charge in [0.1, 0.15) is 5.82 Å². The number of benzene rings is 1. The van der Waals surface area contributed by atoms with Crippen LogP contribution in [0.1, 0.15) is 12.8 Å². The fourth-order valence-electron chi connectivity index (χ4n) is 3.64. The van der Waals surface area contributed by atoms with Crippen molar-refractivity contribution in [3.05, 3.63) is 35.4 Å². The highest BCUT2D eigenvalue weighted by Crippen LogP contribution is 2.30. The van der Waals surface area contributed by atoms with Crippen LogP contribution in [0, 0.1) is 5.92 Å². The number of nitrogens with two attached hydrogens (primary N) is 1. The second-order valence-corrected chi connectivity index (χ2v) is 6.78. The number of aromatic nitrogens is 2. The predicted octanol–water partition coefficient (Wildman–Crippen LogP) is 3.83. The number of halogens is 4. The molecule has 0 spiro atoms. The van der Waals surface area contributed by atoms with Gasteiger partial charge in [-0.3, -0.25) is 0 Å². The third-order valence-electron chi connectivity index (χ3n) is 4.77. The SMILES string of the molecule is Cl.Cl.Cl.Nc1nc(-c2cccc(Cl)c2)cc(N2C[C@H]3CCCN[C@H]3C2)n1. The van der Waals surface area contributed by atoms with E-state index in [9.17, 15) is 0 Å². The Morgan fingerprint density at radius 1 is 1.12 bits per heavy atom. The van der Waals surface area contributed by atoms with Gasteiger partial charge in [-0.2, -0.15) is 4.98 Å². The van der Waals surface area contributed by atoms with Gasteiger partial charge < -0.3 is 16.0 Å². The van der Waals surface area contributed by atoms with E-state index < -0.39 is 0 Å². The molecule has 0 saturated carbocycles. The summed E-state index contributed by atoms with van der Waals surface area (Å²) in [5.74, 6) is 1.92. The van der Waals surface area contributed by atoms with Crippen molar-refractivity contribution in [2.24, 2.45) is 5.92 Å². The molecule has 26 heavy (non-hydrogen) atoms. The van der Waals surface area contributed by atoms with Crippen LogP contribution in [-0.2, 0) is 0 Å². The molecule has 2 saturated heterocycles. The molecule has 3 N–H and O–H groups in total. The first-order valence-corrected chi connectivity index (χ1v) is 8.46. The van der Waals surface area contributed by atoms with Crippen LogP contribution in [0.25, 0.3) is 11.3 Å². The molecule has 0 unspecified atom stereocenters. The monoisotopic (exact) mass is 437 g/mol. The highest BCUT2D eigenvalue weighted by Gasteiger charge is 2.35. The number of nitrogen functional groups attached to an aromatic ring is 1. The van der Waals surface area contributed by atoms with Gasteiger partial charge in [-0.15, -0.1) is 37.2 Å². The van der Waals surface area contributed by atoms with E-state index in [1.807, 2.05) is 30.3 Å². The minimum atomic E-state index is 0. The van der Waals surface area contributed by atoms with Crippen LogP contribution >= 0.6 is 48.8 Å². The standard InChI is InChI=1S/C17H20ClN5.3ClH/c18-13-5-1-3-11(7-13)14-8-16(22-17(19)21-14)23-9-12-4-2-6-20-15(12)10-23;;;/h1,3,5,7-8,12,15,20H,2,4,6,9-10H2,(H2,19,21,22);3*1H/t12-,15+;;;/m1.../s1. The average molecular weight is 439 g/mol. The molecule has 2 aliphatic heterocycles. The maximum atomic E-state index is 6.09. The summed E-state index contributed by atoms with van der Waals surface area (Å²) in [5, 5.41) is 4.31. The lowest BCUT2D eigenvalue weighted by Gasteiger charge is -2.24. The normalized spacial score (nSPS) is 21.0. The van der Waals surface area contributed by atoms with Crippen molar-refractivity contribution in [2.75, 3.05) is 30.3 Å². The molecule has 1 aromatic heterocycles. The number of hydrogen-bond acceptors (Lipinski definition) is 5. The molecule has 144 valence electrons. The largest absolute Gasteiger partial charge is 0.368 e. The Kier molecular flexibility index (Phi) is 8.70. The zero-order chi connectivity index (χ0) is 15.8. The van der Waals surface area contributed by atoms with E-state index in [0.717, 1.165) is 36.7 Å². The van der Waals surface area contributed by atoms with Crippen molar-refractivity contribution < 1.29 is 0 Å². The van der Waals surface area contributed by atoms with Crippen LogP contribution < -0.4 is 16.0 Å². The molecular weight excluding hydrogens is 416 g/mol. The Labute approximate surface area is 177 Å². The van der Waals surface area contributed by atoms with Crippen molar-refractivity contribution in [3.63, 3.8) is 0 Å². The first-order valence-electron chi connectivity index (χ1n) is 8.08. The van der Waals surface area contributed by atoms with Crippen molar-refractivity contribution >= 4 is 60.6 Å². The van der Waals surface area contributed by atoms with Gasteiger partial charge >= 0.3 is 0 Å². The summed E-state index contributed by atoms with van der Waals surface area (Å²) in [6.07, 6.45) is 2.55. The van der Waals surface area contributed by atoms with E-state index in [2.05, 4.69) is 20.2 Å². The Morgan fingerprint density at radius 3 is 2.65 bits per heavy atom. The van der Waals surface area contributed by atoms with E-state index in [-0.39, 0.29) is 37.2 Å². The lowest BCUT2D eigenvalue weighted by atomic mass is 9.94. The van der Waals surface area contributed by atoms with E-state index in [1.165, 1.54) is 12.8 Å². The molecule has 5 nitrogen and oxygen atoms in total. The first-order chi connectivity index (χ1) is 11.2. The number of fused-ring (bicyclic) bond motifs is 1. The third-order valence-corrected chi connectivity index (χ3v) is 5.01. The Hall–Kier alpha value is -0.980. The summed E-state index contributed by atoms with van der Waals surface area (Å²) in [4.78, 5) is 11.1. The summed E-state index contributed by atoms with van der Waals surface area (Å²) >= 11 is 6.09. The molecule has 0 aliphatic carbocycles. The van der Waals surface area contributed by atoms with Gasteiger partial charge in [-0.1, -0.05) is 23.7 Å². The van der Waals surface area contributed by atoms with Gasteiger partial charge in [0, 0.05) is 35.8 Å². The van der Waals surface area contributed by atoms with Crippen LogP contribution in [0.4, 0.5) is 11.8 Å². The number of rotatable bonds is 2. The zero-order valence-electron chi connectivity index (χ0n) is 14.1. The summed E-state index contributed by atoms with van der Waals surface area (Å²) in [6.45, 7) is 3.13. The number of anilines is 2. The molecule has 3 heterocycles. The second-order valence-electron chi connectivity index (χ2n) is 6.35. The lowest BCUT2D eigenvalue weighted by molar-refractivity contribution is 0.340. The summed E-state index contributed by atoms with van der Waals surface area (Å²) in [5.41, 5.74) is 7.73. The van der Waals surface area contributed by atoms with Crippen molar-refractivity contribution in [1.29, 1.82) is 0 Å². The van der Waals surface area contributed by atoms with Crippen LogP contribution in [0.5, 0.6) is 0 Å². The molecule has 9 heteroatoms. The summed E-state index contributed by atoms with van der Waals surface area (Å²) in [6, 6.07) is 10.2. The van der Waals surface area contributed by atoms with Crippen molar-refractivity contribution in [1.82, 2.24) is 15.3 Å². The average Bonchev–Trinajstić information content (AvgIpc) is 2.98. The lowest BCUT2D eigenvalue weighted by Crippen LogP contribution is -2.40. The minimum absolute atomic E-state index is 0. The molecule has 1 aromatic carbocycles. The van der Waals surface area contributed by atoms with E-state index in [0.29, 0.717) is 22.9 Å². The van der Waals surface area contributed by atoms with Crippen LogP contribution in [-0.4, -0.2) is 35.6 Å². The Bertz CT molecular complexity index is 716. The molecule has 2 aromatic rings. The van der Waals surface area contributed by atoms with Gasteiger partial charge in [0.2, 0.25) is 5.95 Å². The van der Waals surface area contributed by atoms with Gasteiger partial charge in [0.05, 0.1) is 5.69 Å². The second kappa shape index (κ2) is 9.81. The zero-order valence-corrected chi connectivity index (χ0v) is 17.3. The van der Waals surface area contributed by atoms with Crippen molar-refractivity contribution in [3.8, 4) is 11.3 Å². The molecule has 0 bridgehead atoms. The van der Waals surface area contributed by atoms with Gasteiger partial charge in [-0.25, -0.2) is 4.98 Å². The predicted molar refractivity (Wildman–Crippen MR) is 115 cm³/mol. The minimum Gasteiger partial charge on any atom is -0.368 e. The Balaban J connectivity index is 0.00000113. The first kappa shape index (κ1) is 23.1. The molecule has 2 atom stereocenters. The maximum absolute atomic E-state index is 6.09. The number of nitrogens with zero attached hydrogens (tertiary/aromatic N) is 3. The molecule has 0 amide bonds. The molecule has 0 radical (unpaired) electrons. The summed E-state index contributed by atoms with van der Waals surface area (Å²) in [7, 11) is 0. The van der Waals surface area contributed by atoms with Gasteiger partial charge in [0.25, 0.3) is 0 Å². The third kappa shape index (κ3) is 4.84. The van der Waals surface area contributed by atoms with E-state index >= 15 is 0 Å². The fourth-order valence-corrected chi connectivity index (χ4v) is 3.83. The molecule has 2 fully saturated rings. The topological polar surface area (TPSA) is 67.1 Å². The highest BCUT2D eigenvalue weighted by atomic mass is 35.5. The van der Waals surface area contributed by atoms with Crippen LogP contribution in [0.15, 0.2) is 30.3 Å². The number of piperidine rings is 1. The summed E-state index contributed by atoms with van der Waals surface area (Å²) < 4.78 is 0. The molecule has 2 aliphatic rings. The van der Waals surface area contributed by atoms with Crippen molar-refractivity contribution in [2.45, 2.75) is 18.9 Å². The quantitative estimate of drug-likeness (QED) is 0.745. The molecular formula is C17H23Cl4N5. The Morgan fingerprint density at radius 2 is 1.92 bits per heavy atom. The number of hydrogen-bond donors (Lipinski definition) is 2. The van der Waals surface area contributed by atoms with Crippen LogP contribution in [0.3, 0.4) is 0 Å². The number of nitrogens with one attached hydrogen (secondary N) is 1. The van der Waals surface area contributed by atoms with Gasteiger partial charge in [-0.05, 0) is 37.4 Å². The maximum Gasteiger partial charge on any atom is 0.222 e. The smallest absolute Gasteiger partial charge is 0.222 e. The van der Waals surface area contributed by atoms with E-state index in [4.69, 9.17) is 17.3 Å². The van der Waals surface area contributed by atoms with Crippen LogP contribution in [0.2, 0.25) is 5.02 Å². The highest BCUT2D eigenvalue weighted by molar-refractivity contribution is 6.30. The molecule has 4 rings (SSSR count).